The lowest BCUT2D eigenvalue weighted by molar-refractivity contribution is -0.222. The monoisotopic (exact) mass is 260 g/mol. The van der Waals surface area contributed by atoms with Gasteiger partial charge in [0.25, 0.3) is 0 Å². The molecule has 8 heteroatoms. The Balaban J connectivity index is -0.000000289. The molecule has 0 aromatic heterocycles. The molecule has 0 fully saturated rings. The molecule has 0 saturated heterocycles. The van der Waals surface area contributed by atoms with Gasteiger partial charge in [-0.1, -0.05) is 0 Å². The summed E-state index contributed by atoms with van der Waals surface area (Å²) >= 11 is 0. The van der Waals surface area contributed by atoms with E-state index in [-0.39, 0.29) is 13.5 Å². The van der Waals surface area contributed by atoms with Gasteiger partial charge in [0, 0.05) is 13.5 Å². The summed E-state index contributed by atoms with van der Waals surface area (Å²) in [6.07, 6.45) is 0. The molecule has 0 aliphatic heterocycles. The first-order valence-electron chi connectivity index (χ1n) is 4.06. The fourth-order valence-electron chi connectivity index (χ4n) is 0.357. The molecule has 0 heterocycles. The zero-order chi connectivity index (χ0) is 13.8. The molecule has 1 nitrogen and oxygen atoms in total. The van der Waals surface area contributed by atoms with Crippen LogP contribution < -0.4 is 0 Å². The number of rotatable bonds is 4. The normalized spacial score (nSPS) is 10.9. The lowest BCUT2D eigenvalue weighted by Crippen LogP contribution is -2.41. The first-order chi connectivity index (χ1) is 7.22. The summed E-state index contributed by atoms with van der Waals surface area (Å²) in [7, 11) is 0.500. The van der Waals surface area contributed by atoms with E-state index in [0.717, 1.165) is 0 Å². The maximum atomic E-state index is 12.2. The van der Waals surface area contributed by atoms with Gasteiger partial charge in [0.05, 0.1) is 7.18 Å². The number of hydrogen-bond acceptors (Lipinski definition) is 1. The highest BCUT2D eigenvalue weighted by Gasteiger charge is 2.52. The molecule has 0 aliphatic carbocycles. The summed E-state index contributed by atoms with van der Waals surface area (Å²) in [4.78, 5) is 0. The Bertz CT molecular complexity index is 135. The molecule has 16 heavy (non-hydrogen) atoms. The van der Waals surface area contributed by atoms with Gasteiger partial charge in [0.15, 0.2) is 0 Å². The van der Waals surface area contributed by atoms with Crippen molar-refractivity contribution in [2.75, 3.05) is 27.3 Å². The predicted octanol–water partition coefficient (Wildman–Crippen LogP) is 3.78. The zero-order valence-corrected chi connectivity index (χ0v) is 9.18. The van der Waals surface area contributed by atoms with Crippen LogP contribution in [0.2, 0.25) is 0 Å². The molecule has 0 atom stereocenters. The second kappa shape index (κ2) is 11.0. The Morgan fingerprint density at radius 2 is 1.31 bits per heavy atom. The second-order valence-electron chi connectivity index (χ2n) is 2.33. The number of ether oxygens (including phenoxy) is 1. The van der Waals surface area contributed by atoms with Crippen molar-refractivity contribution in [2.45, 2.75) is 25.7 Å². The molecule has 0 rings (SSSR count). The summed E-state index contributed by atoms with van der Waals surface area (Å²) in [5.41, 5.74) is 0. The molecule has 0 aromatic rings. The summed E-state index contributed by atoms with van der Waals surface area (Å²) in [5.74, 6) is -8.08. The molecule has 0 spiro atoms. The molecule has 0 saturated carbocycles. The highest BCUT2D eigenvalue weighted by atomic mass is 19.3. The summed E-state index contributed by atoms with van der Waals surface area (Å²) in [5, 5.41) is 0. The van der Waals surface area contributed by atoms with Gasteiger partial charge in [-0.2, -0.15) is 8.78 Å². The van der Waals surface area contributed by atoms with E-state index >= 15 is 0 Å². The van der Waals surface area contributed by atoms with Crippen molar-refractivity contribution in [3.63, 3.8) is 0 Å². The third-order valence-electron chi connectivity index (χ3n) is 1.13. The molecule has 0 radical (unpaired) electrons. The van der Waals surface area contributed by atoms with Crippen LogP contribution in [-0.4, -0.2) is 39.2 Å². The lowest BCUT2D eigenvalue weighted by atomic mass is 10.2. The minimum absolute atomic E-state index is 0.00562. The van der Waals surface area contributed by atoms with E-state index in [1.54, 1.807) is 0 Å². The number of alkyl halides is 7. The molecule has 0 aromatic carbocycles. The van der Waals surface area contributed by atoms with Crippen molar-refractivity contribution in [1.82, 2.24) is 0 Å². The Morgan fingerprint density at radius 3 is 1.50 bits per heavy atom. The third kappa shape index (κ3) is 11.5. The van der Waals surface area contributed by atoms with Crippen molar-refractivity contribution >= 4 is 0 Å². The van der Waals surface area contributed by atoms with Crippen molar-refractivity contribution in [3.05, 3.63) is 0 Å². The molecule has 0 aliphatic rings. The van der Waals surface area contributed by atoms with E-state index in [0.29, 0.717) is 7.18 Å². The first kappa shape index (κ1) is 20.8. The zero-order valence-electron chi connectivity index (χ0n) is 9.18. The van der Waals surface area contributed by atoms with E-state index in [2.05, 4.69) is 4.74 Å². The fraction of sp³-hybridized carbons (Fsp3) is 1.00. The van der Waals surface area contributed by atoms with Crippen molar-refractivity contribution in [3.8, 4) is 0 Å². The molecule has 0 bridgehead atoms. The van der Waals surface area contributed by atoms with Gasteiger partial charge >= 0.3 is 11.8 Å². The quantitative estimate of drug-likeness (QED) is 0.699. The van der Waals surface area contributed by atoms with Gasteiger partial charge < -0.3 is 4.74 Å². The van der Waals surface area contributed by atoms with Gasteiger partial charge in [-0.15, -0.1) is 0 Å². The highest BCUT2D eigenvalue weighted by molar-refractivity contribution is 4.79. The Morgan fingerprint density at radius 1 is 1.00 bits per heavy atom. The minimum Gasteiger partial charge on any atom is -0.375 e. The highest BCUT2D eigenvalue weighted by Crippen LogP contribution is 2.33. The van der Waals surface area contributed by atoms with Gasteiger partial charge in [0.2, 0.25) is 6.93 Å². The van der Waals surface area contributed by atoms with E-state index in [1.807, 2.05) is 0 Å². The van der Waals surface area contributed by atoms with E-state index in [4.69, 9.17) is 0 Å². The fourth-order valence-corrected chi connectivity index (χ4v) is 0.357. The van der Waals surface area contributed by atoms with E-state index < -0.39 is 25.4 Å². The van der Waals surface area contributed by atoms with Crippen molar-refractivity contribution in [2.24, 2.45) is 0 Å². The topological polar surface area (TPSA) is 9.23 Å². The van der Waals surface area contributed by atoms with Crippen LogP contribution in [0.5, 0.6) is 0 Å². The number of hydrogen-bond donors (Lipinski definition) is 0. The van der Waals surface area contributed by atoms with Crippen LogP contribution in [0.3, 0.4) is 0 Å². The molecular formula is C8H15F7O. The molecule has 0 N–H and O–H groups in total. The van der Waals surface area contributed by atoms with Crippen LogP contribution in [0.1, 0.15) is 13.8 Å². The van der Waals surface area contributed by atoms with Crippen LogP contribution in [0, 0.1) is 0 Å². The standard InChI is InChI=1S/C6H10F4O.CH2F2.CH3F/c1-3-11-4-6(9,10)5(2,7)8;2-1-3;1-2/h3-4H2,1-2H3;1H2;1H3. The second-order valence-corrected chi connectivity index (χ2v) is 2.33. The van der Waals surface area contributed by atoms with Crippen LogP contribution in [-0.2, 0) is 4.74 Å². The minimum atomic E-state index is -4.07. The summed E-state index contributed by atoms with van der Waals surface area (Å²) in [6.45, 7) is -1.34. The summed E-state index contributed by atoms with van der Waals surface area (Å²) < 4.78 is 81.4. The van der Waals surface area contributed by atoms with Crippen LogP contribution in [0.15, 0.2) is 0 Å². The smallest absolute Gasteiger partial charge is 0.332 e. The Labute approximate surface area is 89.6 Å². The molecule has 102 valence electrons. The van der Waals surface area contributed by atoms with Crippen LogP contribution in [0.25, 0.3) is 0 Å². The first-order valence-corrected chi connectivity index (χ1v) is 4.06. The predicted molar refractivity (Wildman–Crippen MR) is 46.2 cm³/mol. The van der Waals surface area contributed by atoms with Crippen molar-refractivity contribution in [1.29, 1.82) is 0 Å². The van der Waals surface area contributed by atoms with Gasteiger partial charge in [-0.05, 0) is 6.92 Å². The SMILES string of the molecule is CCOCC(F)(F)C(C)(F)F.CF.FCF. The maximum absolute atomic E-state index is 12.2. The van der Waals surface area contributed by atoms with Crippen LogP contribution in [0.4, 0.5) is 30.7 Å². The molecule has 0 amide bonds. The number of halogens is 7. The Hall–Kier alpha value is -0.530. The molecule has 0 unspecified atom stereocenters. The lowest BCUT2D eigenvalue weighted by Gasteiger charge is -2.22. The molecular weight excluding hydrogens is 245 g/mol. The largest absolute Gasteiger partial charge is 0.375 e. The van der Waals surface area contributed by atoms with Crippen molar-refractivity contribution < 1.29 is 35.5 Å². The van der Waals surface area contributed by atoms with Crippen LogP contribution >= 0.6 is 0 Å². The summed E-state index contributed by atoms with van der Waals surface area (Å²) in [6, 6.07) is 0. The van der Waals surface area contributed by atoms with Gasteiger partial charge in [0.1, 0.15) is 6.61 Å². The Kier molecular flexibility index (Phi) is 14.3. The average Bonchev–Trinajstić information content (AvgIpc) is 2.17. The third-order valence-corrected chi connectivity index (χ3v) is 1.13. The van der Waals surface area contributed by atoms with Gasteiger partial charge in [-0.25, -0.2) is 17.6 Å². The van der Waals surface area contributed by atoms with Gasteiger partial charge in [-0.3, -0.25) is 4.39 Å². The van der Waals surface area contributed by atoms with E-state index in [9.17, 15) is 30.7 Å². The van der Waals surface area contributed by atoms with E-state index in [1.165, 1.54) is 6.92 Å². The average molecular weight is 260 g/mol. The maximum Gasteiger partial charge on any atom is 0.332 e.